The number of nitrogens with zero attached hydrogens (tertiary/aromatic N) is 5. The number of halogens is 3. The Morgan fingerprint density at radius 2 is 1.88 bits per heavy atom. The summed E-state index contributed by atoms with van der Waals surface area (Å²) in [5, 5.41) is 0.612. The molecule has 212 valence electrons. The number of thioether (sulfide) groups is 1. The molecule has 3 atom stereocenters. The number of amides is 1. The SMILES string of the molecule is C=CC(=O)N1[C@H](C)CN(c2nc(=O)n3c4c(c(-c5cc(Cl)c(F)cc5F)c(C)cc24)SC[C@@H]3CN(C)C)C[C@@H]1C. The Labute approximate surface area is 241 Å². The minimum atomic E-state index is -0.825. The normalized spacial score (nSPS) is 20.9. The highest BCUT2D eigenvalue weighted by atomic mass is 35.5. The van der Waals surface area contributed by atoms with Gasteiger partial charge in [-0.2, -0.15) is 4.98 Å². The summed E-state index contributed by atoms with van der Waals surface area (Å²) in [6, 6.07) is 3.63. The second kappa shape index (κ2) is 10.8. The topological polar surface area (TPSA) is 61.7 Å². The van der Waals surface area contributed by atoms with Crippen LogP contribution in [0.2, 0.25) is 5.02 Å². The maximum atomic E-state index is 15.2. The van der Waals surface area contributed by atoms with E-state index in [2.05, 4.69) is 16.5 Å². The van der Waals surface area contributed by atoms with E-state index in [4.69, 9.17) is 11.6 Å². The minimum absolute atomic E-state index is 0.132. The van der Waals surface area contributed by atoms with Gasteiger partial charge in [-0.1, -0.05) is 18.2 Å². The quantitative estimate of drug-likeness (QED) is 0.305. The van der Waals surface area contributed by atoms with Crippen LogP contribution in [0.4, 0.5) is 14.6 Å². The van der Waals surface area contributed by atoms with E-state index >= 15 is 4.39 Å². The van der Waals surface area contributed by atoms with Gasteiger partial charge in [0.1, 0.15) is 17.5 Å². The lowest BCUT2D eigenvalue weighted by Crippen LogP contribution is -2.58. The van der Waals surface area contributed by atoms with Crippen molar-refractivity contribution in [2.75, 3.05) is 44.4 Å². The Kier molecular flexibility index (Phi) is 7.71. The number of anilines is 1. The molecule has 40 heavy (non-hydrogen) atoms. The fourth-order valence-electron chi connectivity index (χ4n) is 6.10. The molecule has 2 aliphatic rings. The van der Waals surface area contributed by atoms with Crippen molar-refractivity contribution in [3.63, 3.8) is 0 Å². The first-order chi connectivity index (χ1) is 18.9. The van der Waals surface area contributed by atoms with Crippen molar-refractivity contribution in [1.82, 2.24) is 19.4 Å². The van der Waals surface area contributed by atoms with Crippen molar-refractivity contribution in [2.45, 2.75) is 43.8 Å². The second-order valence-corrected chi connectivity index (χ2v) is 12.3. The predicted octanol–water partition coefficient (Wildman–Crippen LogP) is 5.12. The number of carbonyl (C=O) groups excluding carboxylic acids is 1. The Morgan fingerprint density at radius 3 is 2.50 bits per heavy atom. The van der Waals surface area contributed by atoms with E-state index in [9.17, 15) is 14.0 Å². The number of aryl methyl sites for hydroxylation is 1. The monoisotopic (exact) mass is 587 g/mol. The molecule has 0 radical (unpaired) electrons. The highest BCUT2D eigenvalue weighted by Crippen LogP contribution is 2.47. The van der Waals surface area contributed by atoms with Gasteiger partial charge in [-0.3, -0.25) is 9.36 Å². The number of piperazine rings is 1. The predicted molar refractivity (Wildman–Crippen MR) is 158 cm³/mol. The number of aromatic nitrogens is 2. The smallest absolute Gasteiger partial charge is 0.350 e. The van der Waals surface area contributed by atoms with Gasteiger partial charge in [0, 0.05) is 64.9 Å². The third kappa shape index (κ3) is 4.80. The molecule has 0 saturated carbocycles. The molecule has 0 unspecified atom stereocenters. The van der Waals surface area contributed by atoms with Crippen molar-refractivity contribution in [3.05, 3.63) is 63.6 Å². The van der Waals surface area contributed by atoms with Crippen molar-refractivity contribution in [2.24, 2.45) is 0 Å². The second-order valence-electron chi connectivity index (χ2n) is 10.9. The van der Waals surface area contributed by atoms with Crippen LogP contribution in [0, 0.1) is 18.6 Å². The fraction of sp³-hybridized carbons (Fsp3) is 0.414. The molecule has 0 N–H and O–H groups in total. The van der Waals surface area contributed by atoms with Gasteiger partial charge in [0.25, 0.3) is 0 Å². The summed E-state index contributed by atoms with van der Waals surface area (Å²) >= 11 is 7.65. The maximum absolute atomic E-state index is 15.2. The van der Waals surface area contributed by atoms with Crippen molar-refractivity contribution in [1.29, 1.82) is 0 Å². The number of carbonyl (C=O) groups is 1. The van der Waals surface area contributed by atoms with Crippen LogP contribution in [0.15, 0.2) is 40.5 Å². The first kappa shape index (κ1) is 28.6. The molecule has 0 spiro atoms. The molecule has 1 aromatic heterocycles. The first-order valence-corrected chi connectivity index (χ1v) is 14.5. The summed E-state index contributed by atoms with van der Waals surface area (Å²) in [5.74, 6) is -0.543. The van der Waals surface area contributed by atoms with Gasteiger partial charge in [-0.25, -0.2) is 13.6 Å². The summed E-state index contributed by atoms with van der Waals surface area (Å²) in [6.07, 6.45) is 1.32. The molecular weight excluding hydrogens is 556 g/mol. The van der Waals surface area contributed by atoms with Crippen LogP contribution < -0.4 is 10.6 Å². The zero-order chi connectivity index (χ0) is 29.0. The Hall–Kier alpha value is -2.95. The van der Waals surface area contributed by atoms with Crippen LogP contribution >= 0.6 is 23.4 Å². The first-order valence-electron chi connectivity index (χ1n) is 13.1. The molecule has 3 heterocycles. The molecule has 1 saturated heterocycles. The summed E-state index contributed by atoms with van der Waals surface area (Å²) in [5.41, 5.74) is 1.85. The molecule has 11 heteroatoms. The summed E-state index contributed by atoms with van der Waals surface area (Å²) in [7, 11) is 3.90. The van der Waals surface area contributed by atoms with Gasteiger partial charge in [0.15, 0.2) is 0 Å². The van der Waals surface area contributed by atoms with Gasteiger partial charge in [0.2, 0.25) is 5.91 Å². The maximum Gasteiger partial charge on any atom is 0.350 e. The van der Waals surface area contributed by atoms with Crippen LogP contribution in [0.3, 0.4) is 0 Å². The fourth-order valence-corrected chi connectivity index (χ4v) is 7.64. The van der Waals surface area contributed by atoms with E-state index in [0.717, 1.165) is 21.9 Å². The molecule has 0 aliphatic carbocycles. The van der Waals surface area contributed by atoms with E-state index in [-0.39, 0.29) is 40.3 Å². The van der Waals surface area contributed by atoms with Crippen molar-refractivity contribution >= 4 is 46.0 Å². The highest BCUT2D eigenvalue weighted by Gasteiger charge is 2.35. The van der Waals surface area contributed by atoms with Gasteiger partial charge >= 0.3 is 5.69 Å². The molecule has 2 aromatic carbocycles. The highest BCUT2D eigenvalue weighted by molar-refractivity contribution is 7.99. The molecule has 1 fully saturated rings. The van der Waals surface area contributed by atoms with Crippen LogP contribution in [0.1, 0.15) is 25.5 Å². The zero-order valence-electron chi connectivity index (χ0n) is 23.2. The van der Waals surface area contributed by atoms with Crippen molar-refractivity contribution in [3.8, 4) is 11.1 Å². The summed E-state index contributed by atoms with van der Waals surface area (Å²) in [6.45, 7) is 11.0. The third-order valence-corrected chi connectivity index (χ3v) is 9.16. The van der Waals surface area contributed by atoms with Crippen LogP contribution in [-0.2, 0) is 4.79 Å². The van der Waals surface area contributed by atoms with Gasteiger partial charge in [-0.05, 0) is 58.6 Å². The number of rotatable bonds is 5. The Morgan fingerprint density at radius 1 is 1.20 bits per heavy atom. The van der Waals surface area contributed by atoms with E-state index in [0.29, 0.717) is 42.3 Å². The standard InChI is InChI=1S/C29H32ClF2N5O2S/c1-7-24(38)36-16(3)11-35(12-17(36)4)28-20-8-15(2)25(19-9-21(30)23(32)10-22(19)31)27-26(20)37(29(39)33-28)18(14-40-27)13-34(5)6/h7-10,16-18H,1,11-14H2,2-6H3/t16-,17+,18-/m0/s1. The Balaban J connectivity index is 1.77. The molecule has 3 aromatic rings. The lowest BCUT2D eigenvalue weighted by atomic mass is 9.96. The number of hydrogen-bond acceptors (Lipinski definition) is 6. The lowest BCUT2D eigenvalue weighted by molar-refractivity contribution is -0.130. The van der Waals surface area contributed by atoms with Crippen molar-refractivity contribution < 1.29 is 13.6 Å². The Bertz CT molecular complexity index is 1580. The van der Waals surface area contributed by atoms with E-state index in [1.54, 1.807) is 21.2 Å². The van der Waals surface area contributed by atoms with Crippen LogP contribution in [0.5, 0.6) is 0 Å². The van der Waals surface area contributed by atoms with E-state index in [1.165, 1.54) is 12.1 Å². The third-order valence-electron chi connectivity index (χ3n) is 7.63. The average Bonchev–Trinajstić information content (AvgIpc) is 2.88. The average molecular weight is 588 g/mol. The minimum Gasteiger partial charge on any atom is -0.352 e. The molecule has 1 amide bonds. The lowest BCUT2D eigenvalue weighted by Gasteiger charge is -2.45. The van der Waals surface area contributed by atoms with Crippen LogP contribution in [0.25, 0.3) is 22.0 Å². The zero-order valence-corrected chi connectivity index (χ0v) is 24.7. The number of benzene rings is 2. The molecule has 2 aliphatic heterocycles. The number of likely N-dealkylation sites (N-methyl/N-ethyl adjacent to an activating group) is 1. The van der Waals surface area contributed by atoms with Gasteiger partial charge < -0.3 is 14.7 Å². The van der Waals surface area contributed by atoms with Crippen LogP contribution in [-0.4, -0.2) is 76.8 Å². The van der Waals surface area contributed by atoms with Gasteiger partial charge in [-0.15, -0.1) is 11.8 Å². The van der Waals surface area contributed by atoms with E-state index in [1.807, 2.05) is 45.8 Å². The van der Waals surface area contributed by atoms with Gasteiger partial charge in [0.05, 0.1) is 16.6 Å². The molecule has 7 nitrogen and oxygen atoms in total. The molecule has 5 rings (SSSR count). The summed E-state index contributed by atoms with van der Waals surface area (Å²) in [4.78, 5) is 37.5. The molecule has 0 bridgehead atoms. The largest absolute Gasteiger partial charge is 0.352 e. The summed E-state index contributed by atoms with van der Waals surface area (Å²) < 4.78 is 31.0. The number of hydrogen-bond donors (Lipinski definition) is 0. The van der Waals surface area contributed by atoms with E-state index < -0.39 is 11.6 Å². The molecular formula is C29H32ClF2N5O2S.